The van der Waals surface area contributed by atoms with Crippen molar-refractivity contribution in [2.75, 3.05) is 13.6 Å². The molecule has 1 aromatic carbocycles. The maximum absolute atomic E-state index is 11.7. The second kappa shape index (κ2) is 8.01. The minimum atomic E-state index is -0.443. The molecular weight excluding hydrogens is 322 g/mol. The zero-order valence-corrected chi connectivity index (χ0v) is 13.6. The van der Waals surface area contributed by atoms with E-state index in [1.54, 1.807) is 0 Å². The van der Waals surface area contributed by atoms with Crippen molar-refractivity contribution < 1.29 is 14.5 Å². The molecule has 0 aliphatic rings. The molecule has 1 rings (SSSR count). The number of halogens is 1. The van der Waals surface area contributed by atoms with Crippen LogP contribution in [0.3, 0.4) is 0 Å². The SMILES string of the molecule is CC(C)NC(=O)NC(=O)C[NH+](C)Cc1ccc(Br)cc1. The van der Waals surface area contributed by atoms with Crippen LogP contribution in [-0.2, 0) is 11.3 Å². The molecule has 0 bridgehead atoms. The number of benzene rings is 1. The first-order valence-electron chi connectivity index (χ1n) is 6.53. The smallest absolute Gasteiger partial charge is 0.321 e. The van der Waals surface area contributed by atoms with Gasteiger partial charge >= 0.3 is 6.03 Å². The van der Waals surface area contributed by atoms with Gasteiger partial charge in [0, 0.05) is 16.1 Å². The van der Waals surface area contributed by atoms with Crippen molar-refractivity contribution in [2.24, 2.45) is 0 Å². The van der Waals surface area contributed by atoms with E-state index in [1.807, 2.05) is 45.2 Å². The van der Waals surface area contributed by atoms with Gasteiger partial charge < -0.3 is 10.2 Å². The number of quaternary nitrogens is 1. The van der Waals surface area contributed by atoms with Crippen LogP contribution in [-0.4, -0.2) is 31.6 Å². The minimum Gasteiger partial charge on any atom is -0.336 e. The Bertz CT molecular complexity index is 460. The lowest BCUT2D eigenvalue weighted by atomic mass is 10.2. The first-order chi connectivity index (χ1) is 9.36. The molecule has 3 amide bonds. The number of likely N-dealkylation sites (N-methyl/N-ethyl adjacent to an activating group) is 1. The van der Waals surface area contributed by atoms with Gasteiger partial charge in [0.25, 0.3) is 5.91 Å². The maximum Gasteiger partial charge on any atom is 0.321 e. The van der Waals surface area contributed by atoms with Gasteiger partial charge in [-0.3, -0.25) is 10.1 Å². The Morgan fingerprint density at radius 1 is 1.25 bits per heavy atom. The van der Waals surface area contributed by atoms with Gasteiger partial charge in [0.1, 0.15) is 6.54 Å². The summed E-state index contributed by atoms with van der Waals surface area (Å²) in [6.07, 6.45) is 0. The Labute approximate surface area is 127 Å². The lowest BCUT2D eigenvalue weighted by molar-refractivity contribution is -0.885. The van der Waals surface area contributed by atoms with Gasteiger partial charge in [0.15, 0.2) is 6.54 Å². The Hall–Kier alpha value is -1.40. The number of hydrogen-bond acceptors (Lipinski definition) is 2. The monoisotopic (exact) mass is 342 g/mol. The number of rotatable bonds is 5. The summed E-state index contributed by atoms with van der Waals surface area (Å²) in [6, 6.07) is 7.53. The largest absolute Gasteiger partial charge is 0.336 e. The van der Waals surface area contributed by atoms with E-state index in [2.05, 4.69) is 26.6 Å². The Morgan fingerprint density at radius 2 is 1.85 bits per heavy atom. The van der Waals surface area contributed by atoms with Gasteiger partial charge in [0.2, 0.25) is 0 Å². The third kappa shape index (κ3) is 6.68. The Kier molecular flexibility index (Phi) is 6.67. The maximum atomic E-state index is 11.7. The van der Waals surface area contributed by atoms with Crippen LogP contribution >= 0.6 is 15.9 Å². The van der Waals surface area contributed by atoms with Gasteiger partial charge in [-0.2, -0.15) is 0 Å². The fourth-order valence-corrected chi connectivity index (χ4v) is 2.02. The predicted molar refractivity (Wildman–Crippen MR) is 81.4 cm³/mol. The molecule has 5 nitrogen and oxygen atoms in total. The standard InChI is InChI=1S/C14H20BrN3O2/c1-10(2)16-14(20)17-13(19)9-18(3)8-11-4-6-12(15)7-5-11/h4-7,10H,8-9H2,1-3H3,(H2,16,17,19,20)/p+1. The summed E-state index contributed by atoms with van der Waals surface area (Å²) in [5, 5.41) is 4.94. The molecule has 0 aliphatic carbocycles. The number of carbonyl (C=O) groups is 2. The lowest BCUT2D eigenvalue weighted by Crippen LogP contribution is -3.09. The second-order valence-corrected chi connectivity index (χ2v) is 6.03. The number of hydrogen-bond donors (Lipinski definition) is 3. The number of amides is 3. The zero-order chi connectivity index (χ0) is 15.1. The molecule has 0 saturated carbocycles. The molecule has 1 aromatic rings. The van der Waals surface area contributed by atoms with Crippen LogP contribution < -0.4 is 15.5 Å². The average molecular weight is 343 g/mol. The van der Waals surface area contributed by atoms with Gasteiger partial charge in [-0.25, -0.2) is 4.79 Å². The lowest BCUT2D eigenvalue weighted by Gasteiger charge is -2.14. The highest BCUT2D eigenvalue weighted by Crippen LogP contribution is 2.09. The molecule has 0 heterocycles. The number of imide groups is 1. The van der Waals surface area contributed by atoms with Crippen molar-refractivity contribution in [3.05, 3.63) is 34.3 Å². The van der Waals surface area contributed by atoms with Crippen LogP contribution in [0.2, 0.25) is 0 Å². The first-order valence-corrected chi connectivity index (χ1v) is 7.32. The minimum absolute atomic E-state index is 0.00985. The molecule has 1 atom stereocenters. The van der Waals surface area contributed by atoms with E-state index in [0.29, 0.717) is 0 Å². The molecule has 0 spiro atoms. The summed E-state index contributed by atoms with van der Waals surface area (Å²) < 4.78 is 1.03. The normalized spacial score (nSPS) is 12.1. The van der Waals surface area contributed by atoms with E-state index < -0.39 is 6.03 Å². The van der Waals surface area contributed by atoms with Crippen LogP contribution in [0.1, 0.15) is 19.4 Å². The summed E-state index contributed by atoms with van der Waals surface area (Å²) in [7, 11) is 1.92. The van der Waals surface area contributed by atoms with E-state index in [0.717, 1.165) is 21.5 Å². The summed E-state index contributed by atoms with van der Waals surface area (Å²) in [5.74, 6) is -0.280. The number of urea groups is 1. The van der Waals surface area contributed by atoms with Crippen LogP contribution in [0.15, 0.2) is 28.7 Å². The van der Waals surface area contributed by atoms with Gasteiger partial charge in [-0.15, -0.1) is 0 Å². The molecule has 6 heteroatoms. The van der Waals surface area contributed by atoms with Gasteiger partial charge in [0.05, 0.1) is 7.05 Å². The highest BCUT2D eigenvalue weighted by Gasteiger charge is 2.13. The summed E-state index contributed by atoms with van der Waals surface area (Å²) in [6.45, 7) is 4.66. The average Bonchev–Trinajstić information content (AvgIpc) is 2.30. The molecule has 20 heavy (non-hydrogen) atoms. The third-order valence-electron chi connectivity index (χ3n) is 2.55. The quantitative estimate of drug-likeness (QED) is 0.737. The number of carbonyl (C=O) groups excluding carboxylic acids is 2. The van der Waals surface area contributed by atoms with Crippen LogP contribution in [0.5, 0.6) is 0 Å². The molecule has 0 radical (unpaired) electrons. The topological polar surface area (TPSA) is 62.6 Å². The predicted octanol–water partition coefficient (Wildman–Crippen LogP) is 0.698. The van der Waals surface area contributed by atoms with Gasteiger partial charge in [-0.05, 0) is 26.0 Å². The summed E-state index contributed by atoms with van der Waals surface area (Å²) in [5.41, 5.74) is 1.14. The van der Waals surface area contributed by atoms with Crippen molar-refractivity contribution in [2.45, 2.75) is 26.4 Å². The van der Waals surface area contributed by atoms with E-state index in [9.17, 15) is 9.59 Å². The van der Waals surface area contributed by atoms with Crippen molar-refractivity contribution in [1.82, 2.24) is 10.6 Å². The molecular formula is C14H21BrN3O2+. The summed E-state index contributed by atoms with van der Waals surface area (Å²) in [4.78, 5) is 24.1. The van der Waals surface area contributed by atoms with Crippen molar-refractivity contribution in [1.29, 1.82) is 0 Å². The van der Waals surface area contributed by atoms with Crippen molar-refractivity contribution in [3.8, 4) is 0 Å². The molecule has 0 aromatic heterocycles. The van der Waals surface area contributed by atoms with E-state index in [-0.39, 0.29) is 18.5 Å². The summed E-state index contributed by atoms with van der Waals surface area (Å²) >= 11 is 3.38. The fourth-order valence-electron chi connectivity index (χ4n) is 1.76. The Balaban J connectivity index is 2.38. The highest BCUT2D eigenvalue weighted by molar-refractivity contribution is 9.10. The molecule has 0 saturated heterocycles. The van der Waals surface area contributed by atoms with Crippen LogP contribution in [0, 0.1) is 0 Å². The first kappa shape index (κ1) is 16.7. The van der Waals surface area contributed by atoms with E-state index in [1.165, 1.54) is 0 Å². The van der Waals surface area contributed by atoms with Crippen molar-refractivity contribution >= 4 is 27.9 Å². The second-order valence-electron chi connectivity index (χ2n) is 5.11. The molecule has 110 valence electrons. The van der Waals surface area contributed by atoms with Crippen LogP contribution in [0.4, 0.5) is 4.79 Å². The molecule has 3 N–H and O–H groups in total. The van der Waals surface area contributed by atoms with E-state index >= 15 is 0 Å². The Morgan fingerprint density at radius 3 is 2.40 bits per heavy atom. The highest BCUT2D eigenvalue weighted by atomic mass is 79.9. The fraction of sp³-hybridized carbons (Fsp3) is 0.429. The van der Waals surface area contributed by atoms with Crippen LogP contribution in [0.25, 0.3) is 0 Å². The van der Waals surface area contributed by atoms with Gasteiger partial charge in [-0.1, -0.05) is 28.1 Å². The molecule has 1 unspecified atom stereocenters. The zero-order valence-electron chi connectivity index (χ0n) is 12.0. The number of nitrogens with one attached hydrogen (secondary N) is 3. The van der Waals surface area contributed by atoms with Crippen molar-refractivity contribution in [3.63, 3.8) is 0 Å². The third-order valence-corrected chi connectivity index (χ3v) is 3.08. The van der Waals surface area contributed by atoms with E-state index in [4.69, 9.17) is 0 Å². The molecule has 0 fully saturated rings. The molecule has 0 aliphatic heterocycles.